The van der Waals surface area contributed by atoms with Gasteiger partial charge in [-0.3, -0.25) is 14.4 Å². The van der Waals surface area contributed by atoms with Crippen molar-refractivity contribution in [2.24, 2.45) is 29.4 Å². The standard InChI is InChI=1S/C22H40N2O4.C16H29N3O4.C2H6/c1-16(2)21(25)23-20(17(3)28-15-18-9-6-5-7-10-18)22(26)24-12-8-11-19(13-24)14-27-4;1-12(23-11-13-5-3-2-4-6-13)14(18-16(17)21)15(20)19-7-9-22-10-8-19;1-2/h16-20H,5-15H2,1-4H3,(H,23,25);12-14H,2-11H2,1H3,(H3,17,18,21);1-2H3. The Morgan fingerprint density at radius 2 is 1.13 bits per heavy atom. The first-order chi connectivity index (χ1) is 25.5. The highest BCUT2D eigenvalue weighted by Gasteiger charge is 2.35. The molecule has 53 heavy (non-hydrogen) atoms. The lowest BCUT2D eigenvalue weighted by Crippen LogP contribution is -2.57. The molecule has 2 heterocycles. The minimum absolute atomic E-state index is 0.0223. The third kappa shape index (κ3) is 17.2. The number of rotatable bonds is 15. The van der Waals surface area contributed by atoms with E-state index >= 15 is 0 Å². The fourth-order valence-corrected chi connectivity index (χ4v) is 7.52. The molecule has 13 nitrogen and oxygen atoms in total. The molecular formula is C40H75N5O8. The minimum Gasteiger partial charge on any atom is -0.384 e. The highest BCUT2D eigenvalue weighted by Crippen LogP contribution is 2.26. The number of amides is 5. The van der Waals surface area contributed by atoms with Gasteiger partial charge in [0.1, 0.15) is 12.1 Å². The molecule has 2 aliphatic carbocycles. The smallest absolute Gasteiger partial charge is 0.312 e. The Hall–Kier alpha value is -2.48. The molecule has 5 amide bonds. The Kier molecular flexibility index (Phi) is 23.2. The molecule has 4 rings (SSSR count). The molecule has 5 atom stereocenters. The van der Waals surface area contributed by atoms with Gasteiger partial charge in [-0.2, -0.15) is 0 Å². The van der Waals surface area contributed by atoms with E-state index in [0.717, 1.165) is 19.4 Å². The van der Waals surface area contributed by atoms with Crippen LogP contribution in [0.3, 0.4) is 0 Å². The molecule has 4 fully saturated rings. The molecule has 0 aromatic rings. The normalized spacial score (nSPS) is 22.2. The first kappa shape index (κ1) is 46.7. The molecule has 0 bridgehead atoms. The van der Waals surface area contributed by atoms with E-state index in [1.54, 1.807) is 12.0 Å². The van der Waals surface area contributed by atoms with Gasteiger partial charge in [-0.15, -0.1) is 0 Å². The topological polar surface area (TPSA) is 162 Å². The highest BCUT2D eigenvalue weighted by molar-refractivity contribution is 5.89. The quantitative estimate of drug-likeness (QED) is 0.213. The van der Waals surface area contributed by atoms with Gasteiger partial charge < -0.3 is 45.1 Å². The van der Waals surface area contributed by atoms with Crippen molar-refractivity contribution in [2.75, 3.05) is 66.3 Å². The summed E-state index contributed by atoms with van der Waals surface area (Å²) in [4.78, 5) is 53.2. The second-order valence-corrected chi connectivity index (χ2v) is 15.4. The second kappa shape index (κ2) is 26.3. The third-order valence-corrected chi connectivity index (χ3v) is 10.8. The summed E-state index contributed by atoms with van der Waals surface area (Å²) in [5, 5.41) is 5.51. The van der Waals surface area contributed by atoms with E-state index in [4.69, 9.17) is 24.7 Å². The van der Waals surface area contributed by atoms with Gasteiger partial charge in [0.2, 0.25) is 17.7 Å². The molecule has 0 aromatic carbocycles. The monoisotopic (exact) mass is 754 g/mol. The number of morpholine rings is 1. The number of carbonyl (C=O) groups is 4. The van der Waals surface area contributed by atoms with Crippen LogP contribution in [-0.4, -0.2) is 124 Å². The number of primary amides is 1. The SMILES string of the molecule is CC.CC(OCC1CCCCC1)C(NC(N)=O)C(=O)N1CCOCC1.COCC1CCCN(C(=O)C(NC(=O)C(C)C)C(C)OCC2CCCCC2)C1. The van der Waals surface area contributed by atoms with Gasteiger partial charge >= 0.3 is 6.03 Å². The molecule has 4 aliphatic rings. The van der Waals surface area contributed by atoms with E-state index in [2.05, 4.69) is 10.6 Å². The van der Waals surface area contributed by atoms with Crippen molar-refractivity contribution in [3.63, 3.8) is 0 Å². The summed E-state index contributed by atoms with van der Waals surface area (Å²) >= 11 is 0. The lowest BCUT2D eigenvalue weighted by atomic mass is 9.90. The summed E-state index contributed by atoms with van der Waals surface area (Å²) in [5.41, 5.74) is 5.24. The van der Waals surface area contributed by atoms with Crippen LogP contribution in [0.15, 0.2) is 0 Å². The molecule has 5 unspecified atom stereocenters. The van der Waals surface area contributed by atoms with Crippen molar-refractivity contribution in [1.82, 2.24) is 20.4 Å². The van der Waals surface area contributed by atoms with Gasteiger partial charge in [0, 0.05) is 52.4 Å². The number of nitrogens with two attached hydrogens (primary N) is 1. The zero-order chi connectivity index (χ0) is 39.2. The van der Waals surface area contributed by atoms with Crippen molar-refractivity contribution >= 4 is 23.8 Å². The number of nitrogens with zero attached hydrogens (tertiary/aromatic N) is 2. The molecule has 4 N–H and O–H groups in total. The minimum atomic E-state index is -0.741. The number of ether oxygens (including phenoxy) is 4. The average Bonchev–Trinajstić information content (AvgIpc) is 3.18. The number of hydrogen-bond donors (Lipinski definition) is 3. The fraction of sp³-hybridized carbons (Fsp3) is 0.900. The number of hydrogen-bond acceptors (Lipinski definition) is 8. The van der Waals surface area contributed by atoms with E-state index < -0.39 is 24.2 Å². The molecule has 13 heteroatoms. The van der Waals surface area contributed by atoms with E-state index in [1.165, 1.54) is 64.2 Å². The molecule has 2 saturated heterocycles. The van der Waals surface area contributed by atoms with E-state index in [1.807, 2.05) is 46.4 Å². The number of carbonyl (C=O) groups excluding carboxylic acids is 4. The maximum absolute atomic E-state index is 13.3. The van der Waals surface area contributed by atoms with E-state index in [-0.39, 0.29) is 29.7 Å². The maximum Gasteiger partial charge on any atom is 0.312 e. The maximum atomic E-state index is 13.3. The number of methoxy groups -OCH3 is 1. The molecule has 0 aromatic heterocycles. The van der Waals surface area contributed by atoms with Crippen LogP contribution in [0.2, 0.25) is 0 Å². The Labute approximate surface area is 320 Å². The van der Waals surface area contributed by atoms with Crippen LogP contribution >= 0.6 is 0 Å². The summed E-state index contributed by atoms with van der Waals surface area (Å²) in [7, 11) is 1.70. The predicted molar refractivity (Wildman–Crippen MR) is 207 cm³/mol. The van der Waals surface area contributed by atoms with Gasteiger partial charge in [0.05, 0.1) is 32.0 Å². The van der Waals surface area contributed by atoms with Gasteiger partial charge in [0.15, 0.2) is 0 Å². The summed E-state index contributed by atoms with van der Waals surface area (Å²) in [6.07, 6.45) is 13.7. The summed E-state index contributed by atoms with van der Waals surface area (Å²) < 4.78 is 22.6. The predicted octanol–water partition coefficient (Wildman–Crippen LogP) is 4.89. The number of urea groups is 1. The summed E-state index contributed by atoms with van der Waals surface area (Å²) in [5.74, 6) is 1.06. The zero-order valence-electron chi connectivity index (χ0n) is 34.2. The van der Waals surface area contributed by atoms with Crippen molar-refractivity contribution in [2.45, 2.75) is 143 Å². The van der Waals surface area contributed by atoms with Crippen molar-refractivity contribution in [3.05, 3.63) is 0 Å². The van der Waals surface area contributed by atoms with Gasteiger partial charge in [-0.1, -0.05) is 66.2 Å². The van der Waals surface area contributed by atoms with E-state index in [9.17, 15) is 19.2 Å². The first-order valence-corrected chi connectivity index (χ1v) is 20.7. The van der Waals surface area contributed by atoms with Crippen LogP contribution in [0.5, 0.6) is 0 Å². The zero-order valence-corrected chi connectivity index (χ0v) is 34.2. The van der Waals surface area contributed by atoms with Crippen LogP contribution < -0.4 is 16.4 Å². The molecule has 0 radical (unpaired) electrons. The molecule has 2 saturated carbocycles. The van der Waals surface area contributed by atoms with Gasteiger partial charge in [-0.05, 0) is 70.1 Å². The Morgan fingerprint density at radius 1 is 0.660 bits per heavy atom. The number of nitrogens with one attached hydrogen (secondary N) is 2. The summed E-state index contributed by atoms with van der Waals surface area (Å²) in [6, 6.07) is -2.07. The summed E-state index contributed by atoms with van der Waals surface area (Å²) in [6.45, 7) is 16.9. The van der Waals surface area contributed by atoms with Gasteiger partial charge in [0.25, 0.3) is 0 Å². The average molecular weight is 754 g/mol. The van der Waals surface area contributed by atoms with Crippen LogP contribution in [0, 0.1) is 23.7 Å². The van der Waals surface area contributed by atoms with Crippen LogP contribution in [0.25, 0.3) is 0 Å². The molecule has 2 aliphatic heterocycles. The van der Waals surface area contributed by atoms with Crippen molar-refractivity contribution < 1.29 is 38.1 Å². The molecular weight excluding hydrogens is 678 g/mol. The largest absolute Gasteiger partial charge is 0.384 e. The molecule has 308 valence electrons. The van der Waals surface area contributed by atoms with Gasteiger partial charge in [-0.25, -0.2) is 4.79 Å². The van der Waals surface area contributed by atoms with Crippen LogP contribution in [-0.2, 0) is 33.3 Å². The third-order valence-electron chi connectivity index (χ3n) is 10.8. The van der Waals surface area contributed by atoms with Crippen LogP contribution in [0.1, 0.15) is 119 Å². The van der Waals surface area contributed by atoms with Crippen LogP contribution in [0.4, 0.5) is 4.79 Å². The number of likely N-dealkylation sites (tertiary alicyclic amines) is 1. The lowest BCUT2D eigenvalue weighted by molar-refractivity contribution is -0.143. The van der Waals surface area contributed by atoms with E-state index in [0.29, 0.717) is 70.4 Å². The lowest BCUT2D eigenvalue weighted by Gasteiger charge is -2.36. The Bertz CT molecular complexity index is 1040. The second-order valence-electron chi connectivity index (χ2n) is 15.4. The van der Waals surface area contributed by atoms with Crippen molar-refractivity contribution in [3.8, 4) is 0 Å². The Balaban J connectivity index is 0.000000356. The first-order valence-electron chi connectivity index (χ1n) is 20.7. The molecule has 0 spiro atoms. The van der Waals surface area contributed by atoms with Crippen molar-refractivity contribution in [1.29, 1.82) is 0 Å². The fourth-order valence-electron chi connectivity index (χ4n) is 7.52. The highest BCUT2D eigenvalue weighted by atomic mass is 16.5. The Morgan fingerprint density at radius 3 is 1.60 bits per heavy atom. The number of piperidine rings is 1.